The van der Waals surface area contributed by atoms with Crippen molar-refractivity contribution in [2.45, 2.75) is 50.8 Å². The molecule has 1 fully saturated rings. The summed E-state index contributed by atoms with van der Waals surface area (Å²) in [7, 11) is 1.84. The van der Waals surface area contributed by atoms with Crippen LogP contribution >= 0.6 is 11.8 Å². The predicted molar refractivity (Wildman–Crippen MR) is 95.7 cm³/mol. The molecule has 124 valence electrons. The van der Waals surface area contributed by atoms with Gasteiger partial charge in [-0.25, -0.2) is 4.98 Å². The maximum atomic E-state index is 4.31. The SMILES string of the molecule is CN=C(NCCCCn1ccnc1C)NCC1(C)CCCS1. The lowest BCUT2D eigenvalue weighted by Crippen LogP contribution is -2.43. The number of aromatic nitrogens is 2. The van der Waals surface area contributed by atoms with Crippen molar-refractivity contribution in [2.75, 3.05) is 25.9 Å². The van der Waals surface area contributed by atoms with E-state index in [4.69, 9.17) is 0 Å². The van der Waals surface area contributed by atoms with Crippen LogP contribution in [0.4, 0.5) is 0 Å². The summed E-state index contributed by atoms with van der Waals surface area (Å²) in [5, 5.41) is 6.88. The monoisotopic (exact) mass is 323 g/mol. The number of rotatable bonds is 7. The van der Waals surface area contributed by atoms with Crippen LogP contribution in [0.25, 0.3) is 0 Å². The Kier molecular flexibility index (Phi) is 6.61. The minimum Gasteiger partial charge on any atom is -0.356 e. The molecule has 6 heteroatoms. The van der Waals surface area contributed by atoms with Gasteiger partial charge < -0.3 is 15.2 Å². The fraction of sp³-hybridized carbons (Fsp3) is 0.750. The number of nitrogens with zero attached hydrogens (tertiary/aromatic N) is 3. The number of aryl methyl sites for hydroxylation is 2. The van der Waals surface area contributed by atoms with E-state index in [0.717, 1.165) is 44.3 Å². The third kappa shape index (κ3) is 5.23. The maximum Gasteiger partial charge on any atom is 0.191 e. The summed E-state index contributed by atoms with van der Waals surface area (Å²) in [4.78, 5) is 8.55. The van der Waals surface area contributed by atoms with Crippen molar-refractivity contribution in [3.63, 3.8) is 0 Å². The molecular formula is C16H29N5S. The second-order valence-corrected chi connectivity index (χ2v) is 7.81. The third-order valence-electron chi connectivity index (χ3n) is 4.20. The number of nitrogens with one attached hydrogen (secondary N) is 2. The summed E-state index contributed by atoms with van der Waals surface area (Å²) in [6, 6.07) is 0. The molecule has 0 aromatic carbocycles. The van der Waals surface area contributed by atoms with Crippen molar-refractivity contribution in [3.05, 3.63) is 18.2 Å². The fourth-order valence-corrected chi connectivity index (χ4v) is 3.97. The van der Waals surface area contributed by atoms with Crippen LogP contribution in [0.2, 0.25) is 0 Å². The molecule has 2 heterocycles. The van der Waals surface area contributed by atoms with Gasteiger partial charge in [-0.05, 0) is 45.3 Å². The van der Waals surface area contributed by atoms with Crippen molar-refractivity contribution >= 4 is 17.7 Å². The van der Waals surface area contributed by atoms with Gasteiger partial charge in [-0.3, -0.25) is 4.99 Å². The molecule has 1 aromatic heterocycles. The van der Waals surface area contributed by atoms with Gasteiger partial charge in [-0.1, -0.05) is 0 Å². The standard InChI is InChI=1S/C16H29N5S/c1-14-18-9-11-21(14)10-5-4-8-19-15(17-3)20-13-16(2)7-6-12-22-16/h9,11H,4-8,10,12-13H2,1-3H3,(H2,17,19,20). The van der Waals surface area contributed by atoms with Crippen LogP contribution in [-0.4, -0.2) is 46.1 Å². The quantitative estimate of drug-likeness (QED) is 0.460. The van der Waals surface area contributed by atoms with E-state index in [1.54, 1.807) is 0 Å². The molecule has 0 spiro atoms. The topological polar surface area (TPSA) is 54.2 Å². The van der Waals surface area contributed by atoms with Crippen LogP contribution in [-0.2, 0) is 6.54 Å². The number of imidazole rings is 1. The van der Waals surface area contributed by atoms with E-state index >= 15 is 0 Å². The second-order valence-electron chi connectivity index (χ2n) is 6.13. The molecule has 0 amide bonds. The van der Waals surface area contributed by atoms with Crippen LogP contribution < -0.4 is 10.6 Å². The first-order chi connectivity index (χ1) is 10.6. The van der Waals surface area contributed by atoms with Gasteiger partial charge in [0.1, 0.15) is 5.82 Å². The Labute approximate surface area is 138 Å². The van der Waals surface area contributed by atoms with Crippen molar-refractivity contribution in [2.24, 2.45) is 4.99 Å². The first-order valence-corrected chi connectivity index (χ1v) is 9.18. The number of hydrogen-bond acceptors (Lipinski definition) is 3. The van der Waals surface area contributed by atoms with Gasteiger partial charge in [-0.15, -0.1) is 0 Å². The van der Waals surface area contributed by atoms with E-state index in [1.165, 1.54) is 18.6 Å². The van der Waals surface area contributed by atoms with Gasteiger partial charge in [0.15, 0.2) is 5.96 Å². The zero-order valence-corrected chi connectivity index (χ0v) is 14.9. The molecule has 2 rings (SSSR count). The molecule has 1 unspecified atom stereocenters. The summed E-state index contributed by atoms with van der Waals surface area (Å²) in [6.45, 7) is 7.38. The Hall–Kier alpha value is -1.17. The van der Waals surface area contributed by atoms with Crippen molar-refractivity contribution in [1.29, 1.82) is 0 Å². The Bertz CT molecular complexity index is 477. The average Bonchev–Trinajstić information content (AvgIpc) is 3.11. The lowest BCUT2D eigenvalue weighted by Gasteiger charge is -2.24. The first-order valence-electron chi connectivity index (χ1n) is 8.19. The van der Waals surface area contributed by atoms with E-state index in [1.807, 2.05) is 26.4 Å². The first kappa shape index (κ1) is 17.2. The highest BCUT2D eigenvalue weighted by atomic mass is 32.2. The summed E-state index contributed by atoms with van der Waals surface area (Å²) in [5.41, 5.74) is 0. The number of hydrogen-bond donors (Lipinski definition) is 2. The summed E-state index contributed by atoms with van der Waals surface area (Å²) < 4.78 is 2.57. The van der Waals surface area contributed by atoms with Crippen LogP contribution in [0.15, 0.2) is 17.4 Å². The molecule has 1 atom stereocenters. The molecule has 0 aliphatic carbocycles. The molecule has 0 saturated carbocycles. The zero-order chi connectivity index (χ0) is 15.8. The van der Waals surface area contributed by atoms with Gasteiger partial charge in [0.05, 0.1) is 0 Å². The molecule has 1 aliphatic rings. The molecule has 1 aromatic rings. The highest BCUT2D eigenvalue weighted by Gasteiger charge is 2.29. The molecule has 0 bridgehead atoms. The number of aliphatic imine (C=N–C) groups is 1. The number of unbranched alkanes of at least 4 members (excludes halogenated alkanes) is 1. The van der Waals surface area contributed by atoms with E-state index in [-0.39, 0.29) is 0 Å². The summed E-state index contributed by atoms with van der Waals surface area (Å²) in [5.74, 6) is 3.30. The molecule has 5 nitrogen and oxygen atoms in total. The maximum absolute atomic E-state index is 4.31. The third-order valence-corrected chi connectivity index (χ3v) is 5.73. The second kappa shape index (κ2) is 8.46. The van der Waals surface area contributed by atoms with Gasteiger partial charge in [0.2, 0.25) is 0 Å². The lowest BCUT2D eigenvalue weighted by molar-refractivity contribution is 0.572. The Morgan fingerprint density at radius 1 is 1.45 bits per heavy atom. The van der Waals surface area contributed by atoms with E-state index in [9.17, 15) is 0 Å². The van der Waals surface area contributed by atoms with Gasteiger partial charge in [-0.2, -0.15) is 11.8 Å². The molecule has 2 N–H and O–H groups in total. The summed E-state index contributed by atoms with van der Waals surface area (Å²) >= 11 is 2.07. The van der Waals surface area contributed by atoms with E-state index in [2.05, 4.69) is 43.9 Å². The lowest BCUT2D eigenvalue weighted by atomic mass is 10.1. The predicted octanol–water partition coefficient (Wildman–Crippen LogP) is 2.42. The highest BCUT2D eigenvalue weighted by Crippen LogP contribution is 2.36. The molecular weight excluding hydrogens is 294 g/mol. The largest absolute Gasteiger partial charge is 0.356 e. The molecule has 1 saturated heterocycles. The van der Waals surface area contributed by atoms with Gasteiger partial charge in [0, 0.05) is 43.8 Å². The minimum atomic E-state index is 0.372. The van der Waals surface area contributed by atoms with Gasteiger partial charge >= 0.3 is 0 Å². The van der Waals surface area contributed by atoms with Crippen LogP contribution in [0.1, 0.15) is 38.4 Å². The molecule has 1 aliphatic heterocycles. The molecule has 22 heavy (non-hydrogen) atoms. The Morgan fingerprint density at radius 2 is 2.32 bits per heavy atom. The van der Waals surface area contributed by atoms with Crippen molar-refractivity contribution < 1.29 is 0 Å². The summed E-state index contributed by atoms with van der Waals surface area (Å²) in [6.07, 6.45) is 8.82. The van der Waals surface area contributed by atoms with Gasteiger partial charge in [0.25, 0.3) is 0 Å². The highest BCUT2D eigenvalue weighted by molar-refractivity contribution is 8.00. The number of guanidine groups is 1. The smallest absolute Gasteiger partial charge is 0.191 e. The van der Waals surface area contributed by atoms with Crippen LogP contribution in [0.5, 0.6) is 0 Å². The fourth-order valence-electron chi connectivity index (χ4n) is 2.72. The number of thioether (sulfide) groups is 1. The van der Waals surface area contributed by atoms with Crippen LogP contribution in [0, 0.1) is 6.92 Å². The van der Waals surface area contributed by atoms with E-state index in [0.29, 0.717) is 4.75 Å². The van der Waals surface area contributed by atoms with Crippen molar-refractivity contribution in [3.8, 4) is 0 Å². The minimum absolute atomic E-state index is 0.372. The Morgan fingerprint density at radius 3 is 2.95 bits per heavy atom. The zero-order valence-electron chi connectivity index (χ0n) is 14.1. The van der Waals surface area contributed by atoms with E-state index < -0.39 is 0 Å². The Balaban J connectivity index is 1.59. The van der Waals surface area contributed by atoms with Crippen molar-refractivity contribution in [1.82, 2.24) is 20.2 Å². The average molecular weight is 324 g/mol. The van der Waals surface area contributed by atoms with Crippen LogP contribution in [0.3, 0.4) is 0 Å². The normalized spacial score (nSPS) is 22.0. The molecule has 0 radical (unpaired) electrons.